The number of aromatic nitrogens is 1. The standard InChI is InChI=1S/C28H31N3O3/c29-9-7-15-3-5-20-18(11-15)19-13-28(33)22-12-17-4-6-21(32)25-23(17)27(28,26(34-25)24(19)30-20)8-10-31(22)14-16-1-2-16/h3-6,11,16,22,26,30,32-33H,1-2,7-10,12-14,29H2/t22?,26-,27-,28+/m0/s1. The van der Waals surface area contributed by atoms with Crippen LogP contribution in [0.25, 0.3) is 10.9 Å². The van der Waals surface area contributed by atoms with E-state index >= 15 is 0 Å². The quantitative estimate of drug-likeness (QED) is 0.483. The fraction of sp³-hybridized carbons (Fsp3) is 0.500. The number of nitrogens with two attached hydrogens (primary N) is 1. The minimum atomic E-state index is -0.942. The summed E-state index contributed by atoms with van der Waals surface area (Å²) >= 11 is 0. The van der Waals surface area contributed by atoms with Crippen LogP contribution in [0.1, 0.15) is 53.3 Å². The Morgan fingerprint density at radius 3 is 2.91 bits per heavy atom. The van der Waals surface area contributed by atoms with Gasteiger partial charge in [-0.3, -0.25) is 4.90 Å². The summed E-state index contributed by atoms with van der Waals surface area (Å²) in [5.41, 5.74) is 11.2. The van der Waals surface area contributed by atoms with Crippen molar-refractivity contribution < 1.29 is 14.9 Å². The molecule has 5 N–H and O–H groups in total. The van der Waals surface area contributed by atoms with E-state index in [9.17, 15) is 10.2 Å². The van der Waals surface area contributed by atoms with Crippen molar-refractivity contribution in [1.82, 2.24) is 9.88 Å². The van der Waals surface area contributed by atoms with Gasteiger partial charge < -0.3 is 25.7 Å². The minimum Gasteiger partial charge on any atom is -0.504 e. The zero-order valence-electron chi connectivity index (χ0n) is 19.3. The number of nitrogens with zero attached hydrogens (tertiary/aromatic N) is 1. The number of fused-ring (bicyclic) bond motifs is 4. The van der Waals surface area contributed by atoms with E-state index in [-0.39, 0.29) is 17.9 Å². The molecule has 2 aromatic carbocycles. The molecule has 1 spiro atoms. The maximum atomic E-state index is 12.9. The predicted molar refractivity (Wildman–Crippen MR) is 129 cm³/mol. The number of phenols is 1. The first-order valence-electron chi connectivity index (χ1n) is 12.9. The Labute approximate surface area is 198 Å². The van der Waals surface area contributed by atoms with Crippen molar-refractivity contribution in [3.05, 3.63) is 58.3 Å². The Hall–Kier alpha value is -2.54. The summed E-state index contributed by atoms with van der Waals surface area (Å²) in [5.74, 6) is 1.55. The number of aromatic hydroxyl groups is 1. The highest BCUT2D eigenvalue weighted by atomic mass is 16.5. The van der Waals surface area contributed by atoms with E-state index in [0.717, 1.165) is 55.0 Å². The molecule has 176 valence electrons. The van der Waals surface area contributed by atoms with Crippen LogP contribution in [0.5, 0.6) is 11.5 Å². The molecule has 1 aromatic heterocycles. The summed E-state index contributed by atoms with van der Waals surface area (Å²) < 4.78 is 6.66. The number of benzene rings is 2. The Morgan fingerprint density at radius 1 is 1.21 bits per heavy atom. The summed E-state index contributed by atoms with van der Waals surface area (Å²) in [4.78, 5) is 6.26. The van der Waals surface area contributed by atoms with Crippen LogP contribution in [-0.2, 0) is 24.7 Å². The van der Waals surface area contributed by atoms with Crippen LogP contribution < -0.4 is 10.5 Å². The third-order valence-corrected chi connectivity index (χ3v) is 9.66. The highest BCUT2D eigenvalue weighted by Crippen LogP contribution is 2.69. The summed E-state index contributed by atoms with van der Waals surface area (Å²) in [6, 6.07) is 10.4. The summed E-state index contributed by atoms with van der Waals surface area (Å²) in [5, 5.41) is 24.9. The SMILES string of the molecule is NCCc1ccc2[nH]c3c(c2c1)C[C@@]1(O)C2Cc4ccc(O)c5c4[C@@]1(CCN2CC1CC1)[C@H]3O5. The Bertz CT molecular complexity index is 1360. The Balaban J connectivity index is 1.38. The van der Waals surface area contributed by atoms with Crippen LogP contribution in [0.15, 0.2) is 30.3 Å². The molecule has 3 heterocycles. The molecule has 34 heavy (non-hydrogen) atoms. The molecule has 6 heteroatoms. The normalized spacial score (nSPS) is 33.0. The molecule has 3 aliphatic carbocycles. The van der Waals surface area contributed by atoms with E-state index in [2.05, 4.69) is 34.1 Å². The van der Waals surface area contributed by atoms with Gasteiger partial charge in [-0.25, -0.2) is 0 Å². The van der Waals surface area contributed by atoms with E-state index < -0.39 is 11.0 Å². The Kier molecular flexibility index (Phi) is 3.69. The lowest BCUT2D eigenvalue weighted by Crippen LogP contribution is -2.74. The largest absolute Gasteiger partial charge is 0.504 e. The van der Waals surface area contributed by atoms with Gasteiger partial charge in [0.25, 0.3) is 0 Å². The second-order valence-corrected chi connectivity index (χ2v) is 11.4. The molecule has 2 aliphatic heterocycles. The average Bonchev–Trinajstić information content (AvgIpc) is 3.46. The van der Waals surface area contributed by atoms with Gasteiger partial charge in [0, 0.05) is 35.5 Å². The third kappa shape index (κ3) is 2.23. The van der Waals surface area contributed by atoms with Gasteiger partial charge in [-0.1, -0.05) is 12.1 Å². The fourth-order valence-corrected chi connectivity index (χ4v) is 7.99. The number of aliphatic hydroxyl groups is 1. The average molecular weight is 458 g/mol. The topological polar surface area (TPSA) is 94.7 Å². The van der Waals surface area contributed by atoms with Crippen molar-refractivity contribution >= 4 is 10.9 Å². The van der Waals surface area contributed by atoms with E-state index in [4.69, 9.17) is 10.5 Å². The maximum absolute atomic E-state index is 12.9. The zero-order chi connectivity index (χ0) is 22.8. The van der Waals surface area contributed by atoms with Crippen LogP contribution >= 0.6 is 0 Å². The molecule has 5 aliphatic rings. The van der Waals surface area contributed by atoms with Crippen LogP contribution in [0.4, 0.5) is 0 Å². The number of likely N-dealkylation sites (tertiary alicyclic amines) is 1. The van der Waals surface area contributed by atoms with Crippen molar-refractivity contribution in [3.63, 3.8) is 0 Å². The van der Waals surface area contributed by atoms with Gasteiger partial charge >= 0.3 is 0 Å². The van der Waals surface area contributed by atoms with Crippen LogP contribution in [0, 0.1) is 5.92 Å². The van der Waals surface area contributed by atoms with Crippen LogP contribution in [0.2, 0.25) is 0 Å². The van der Waals surface area contributed by atoms with Gasteiger partial charge in [0.1, 0.15) is 0 Å². The first-order chi connectivity index (χ1) is 16.5. The van der Waals surface area contributed by atoms with Gasteiger partial charge in [0.15, 0.2) is 17.6 Å². The number of aromatic amines is 1. The monoisotopic (exact) mass is 457 g/mol. The van der Waals surface area contributed by atoms with Gasteiger partial charge in [0.05, 0.1) is 16.7 Å². The molecule has 4 atom stereocenters. The number of ether oxygens (including phenoxy) is 1. The molecule has 2 fully saturated rings. The molecule has 1 saturated carbocycles. The van der Waals surface area contributed by atoms with E-state index in [1.54, 1.807) is 6.07 Å². The van der Waals surface area contributed by atoms with Gasteiger partial charge in [-0.05, 0) is 86.0 Å². The molecule has 0 amide bonds. The van der Waals surface area contributed by atoms with Crippen molar-refractivity contribution in [3.8, 4) is 11.5 Å². The second kappa shape index (κ2) is 6.36. The molecule has 6 nitrogen and oxygen atoms in total. The summed E-state index contributed by atoms with van der Waals surface area (Å²) in [6.07, 6.45) is 5.39. The third-order valence-electron chi connectivity index (χ3n) is 9.66. The molecule has 1 saturated heterocycles. The number of rotatable bonds is 4. The summed E-state index contributed by atoms with van der Waals surface area (Å²) in [7, 11) is 0. The van der Waals surface area contributed by atoms with Crippen molar-refractivity contribution in [2.75, 3.05) is 19.6 Å². The fourth-order valence-electron chi connectivity index (χ4n) is 7.99. The molecule has 0 radical (unpaired) electrons. The number of H-pyrrole nitrogens is 1. The lowest BCUT2D eigenvalue weighted by Gasteiger charge is -2.62. The predicted octanol–water partition coefficient (Wildman–Crippen LogP) is 3.07. The molecular formula is C28H31N3O3. The molecular weight excluding hydrogens is 426 g/mol. The van der Waals surface area contributed by atoms with Crippen molar-refractivity contribution in [1.29, 1.82) is 0 Å². The lowest BCUT2D eigenvalue weighted by atomic mass is 9.49. The summed E-state index contributed by atoms with van der Waals surface area (Å²) in [6.45, 7) is 2.66. The first kappa shape index (κ1) is 19.7. The number of phenolic OH excluding ortho intramolecular Hbond substituents is 1. The van der Waals surface area contributed by atoms with E-state index in [1.807, 2.05) is 0 Å². The highest BCUT2D eigenvalue weighted by molar-refractivity contribution is 5.87. The molecule has 2 bridgehead atoms. The van der Waals surface area contributed by atoms with Gasteiger partial charge in [0.2, 0.25) is 0 Å². The van der Waals surface area contributed by atoms with E-state index in [1.165, 1.54) is 34.9 Å². The van der Waals surface area contributed by atoms with Gasteiger partial charge in [-0.15, -0.1) is 0 Å². The van der Waals surface area contributed by atoms with Crippen LogP contribution in [-0.4, -0.2) is 51.4 Å². The second-order valence-electron chi connectivity index (χ2n) is 11.4. The smallest absolute Gasteiger partial charge is 0.166 e. The molecule has 3 aromatic rings. The lowest BCUT2D eigenvalue weighted by molar-refractivity contribution is -0.173. The number of nitrogens with one attached hydrogen (secondary N) is 1. The van der Waals surface area contributed by atoms with Crippen molar-refractivity contribution in [2.45, 2.75) is 61.7 Å². The Morgan fingerprint density at radius 2 is 2.09 bits per heavy atom. The number of piperidine rings is 1. The zero-order valence-corrected chi connectivity index (χ0v) is 19.3. The van der Waals surface area contributed by atoms with Crippen LogP contribution in [0.3, 0.4) is 0 Å². The number of hydrogen-bond donors (Lipinski definition) is 4. The maximum Gasteiger partial charge on any atom is 0.166 e. The van der Waals surface area contributed by atoms with Crippen molar-refractivity contribution in [2.24, 2.45) is 11.7 Å². The molecule has 1 unspecified atom stereocenters. The minimum absolute atomic E-state index is 0.0567. The first-order valence-corrected chi connectivity index (χ1v) is 12.9. The highest BCUT2D eigenvalue weighted by Gasteiger charge is 2.72. The molecule has 8 rings (SSSR count). The van der Waals surface area contributed by atoms with Gasteiger partial charge in [-0.2, -0.15) is 0 Å². The number of hydrogen-bond acceptors (Lipinski definition) is 5. The van der Waals surface area contributed by atoms with E-state index in [0.29, 0.717) is 18.7 Å².